The lowest BCUT2D eigenvalue weighted by Crippen LogP contribution is -2.50. The van der Waals surface area contributed by atoms with E-state index in [9.17, 15) is 0 Å². The number of aliphatic imine (C=N–C) groups is 1. The number of ether oxygens (including phenoxy) is 1. The zero-order valence-electron chi connectivity index (χ0n) is 18.5. The Morgan fingerprint density at radius 1 is 1.04 bits per heavy atom. The summed E-state index contributed by atoms with van der Waals surface area (Å²) in [6.45, 7) is 22.4. The molecule has 0 aliphatic carbocycles. The molecule has 2 atom stereocenters. The Kier molecular flexibility index (Phi) is 15.7. The van der Waals surface area contributed by atoms with Gasteiger partial charge in [-0.05, 0) is 39.7 Å². The molecule has 0 aromatic carbocycles. The largest absolute Gasteiger partial charge is 0.378 e. The van der Waals surface area contributed by atoms with Crippen LogP contribution in [0.4, 0.5) is 0 Å². The van der Waals surface area contributed by atoms with Crippen LogP contribution in [0.5, 0.6) is 0 Å². The maximum absolute atomic E-state index is 5.83. The lowest BCUT2D eigenvalue weighted by atomic mass is 10.0. The molecule has 1 fully saturated rings. The fourth-order valence-corrected chi connectivity index (χ4v) is 3.36. The van der Waals surface area contributed by atoms with Gasteiger partial charge in [0.2, 0.25) is 0 Å². The molecule has 1 aliphatic heterocycles. The van der Waals surface area contributed by atoms with E-state index < -0.39 is 0 Å². The Morgan fingerprint density at radius 2 is 1.70 bits per heavy atom. The molecule has 1 aliphatic rings. The predicted molar refractivity (Wildman–Crippen MR) is 127 cm³/mol. The van der Waals surface area contributed by atoms with Gasteiger partial charge in [-0.2, -0.15) is 0 Å². The molecule has 2 unspecified atom stereocenters. The van der Waals surface area contributed by atoms with Crippen molar-refractivity contribution in [1.29, 1.82) is 0 Å². The normalized spacial score (nSPS) is 18.9. The number of nitrogens with zero attached hydrogens (tertiary/aromatic N) is 3. The first kappa shape index (κ1) is 26.9. The van der Waals surface area contributed by atoms with Gasteiger partial charge in [0, 0.05) is 51.9 Å². The van der Waals surface area contributed by atoms with Crippen LogP contribution in [-0.4, -0.2) is 86.9 Å². The first-order chi connectivity index (χ1) is 12.5. The molecule has 7 heteroatoms. The number of rotatable bonds is 11. The molecule has 1 rings (SSSR count). The summed E-state index contributed by atoms with van der Waals surface area (Å²) >= 11 is 0. The van der Waals surface area contributed by atoms with E-state index in [1.54, 1.807) is 0 Å². The summed E-state index contributed by atoms with van der Waals surface area (Å²) < 4.78 is 5.83. The smallest absolute Gasteiger partial charge is 0.191 e. The number of nitrogens with one attached hydrogen (secondary N) is 2. The van der Waals surface area contributed by atoms with E-state index in [0.29, 0.717) is 18.1 Å². The van der Waals surface area contributed by atoms with E-state index in [4.69, 9.17) is 9.73 Å². The average Bonchev–Trinajstić information content (AvgIpc) is 2.65. The first-order valence-corrected chi connectivity index (χ1v) is 10.6. The lowest BCUT2D eigenvalue weighted by Gasteiger charge is -2.37. The Morgan fingerprint density at radius 3 is 2.22 bits per heavy atom. The highest BCUT2D eigenvalue weighted by atomic mass is 127. The standard InChI is InChI=1S/C20H43N5O.HI/c1-7-21-20(22-11-10-19(17(4)5)26-9-3)23-16-18(6)25-14-12-24(8-2)13-15-25;/h17-19H,7-16H2,1-6H3,(H2,21,22,23);1H. The monoisotopic (exact) mass is 497 g/mol. The Balaban J connectivity index is 0.00000676. The third-order valence-corrected chi connectivity index (χ3v) is 5.18. The van der Waals surface area contributed by atoms with Gasteiger partial charge >= 0.3 is 0 Å². The molecule has 6 nitrogen and oxygen atoms in total. The van der Waals surface area contributed by atoms with E-state index in [2.05, 4.69) is 62.0 Å². The van der Waals surface area contributed by atoms with Crippen molar-refractivity contribution in [3.8, 4) is 0 Å². The van der Waals surface area contributed by atoms with E-state index >= 15 is 0 Å². The van der Waals surface area contributed by atoms with E-state index in [1.807, 2.05) is 0 Å². The molecule has 1 heterocycles. The molecular weight excluding hydrogens is 453 g/mol. The van der Waals surface area contributed by atoms with Gasteiger partial charge in [0.25, 0.3) is 0 Å². The van der Waals surface area contributed by atoms with Crippen LogP contribution >= 0.6 is 24.0 Å². The van der Waals surface area contributed by atoms with Crippen molar-refractivity contribution in [2.75, 3.05) is 59.0 Å². The molecule has 0 bridgehead atoms. The van der Waals surface area contributed by atoms with Gasteiger partial charge in [0.15, 0.2) is 5.96 Å². The number of guanidine groups is 1. The first-order valence-electron chi connectivity index (χ1n) is 10.6. The van der Waals surface area contributed by atoms with Crippen molar-refractivity contribution in [2.45, 2.75) is 60.1 Å². The second-order valence-electron chi connectivity index (χ2n) is 7.49. The summed E-state index contributed by atoms with van der Waals surface area (Å²) in [5.74, 6) is 1.46. The van der Waals surface area contributed by atoms with Gasteiger partial charge in [-0.15, -0.1) is 24.0 Å². The fourth-order valence-electron chi connectivity index (χ4n) is 3.36. The Bertz CT molecular complexity index is 387. The zero-order chi connectivity index (χ0) is 19.4. The van der Waals surface area contributed by atoms with Crippen LogP contribution < -0.4 is 10.6 Å². The SMILES string of the molecule is CCNC(=NCC(C)N1CCN(CC)CC1)NCCC(OCC)C(C)C.I. The Labute approximate surface area is 184 Å². The van der Waals surface area contributed by atoms with Crippen LogP contribution in [0.25, 0.3) is 0 Å². The minimum atomic E-state index is 0. The van der Waals surface area contributed by atoms with Crippen LogP contribution in [0.15, 0.2) is 4.99 Å². The second-order valence-corrected chi connectivity index (χ2v) is 7.49. The molecule has 0 aromatic heterocycles. The van der Waals surface area contributed by atoms with E-state index in [0.717, 1.165) is 58.3 Å². The quantitative estimate of drug-likeness (QED) is 0.261. The van der Waals surface area contributed by atoms with Crippen LogP contribution in [0.2, 0.25) is 0 Å². The molecule has 0 saturated carbocycles. The van der Waals surface area contributed by atoms with Gasteiger partial charge in [0.1, 0.15) is 0 Å². The molecular formula is C20H44IN5O. The number of likely N-dealkylation sites (N-methyl/N-ethyl adjacent to an activating group) is 1. The summed E-state index contributed by atoms with van der Waals surface area (Å²) in [5, 5.41) is 6.83. The maximum Gasteiger partial charge on any atom is 0.191 e. The predicted octanol–water partition coefficient (Wildman–Crippen LogP) is 2.64. The summed E-state index contributed by atoms with van der Waals surface area (Å²) in [7, 11) is 0. The van der Waals surface area contributed by atoms with Crippen molar-refractivity contribution >= 4 is 29.9 Å². The number of hydrogen-bond acceptors (Lipinski definition) is 4. The minimum Gasteiger partial charge on any atom is -0.378 e. The van der Waals surface area contributed by atoms with Crippen molar-refractivity contribution < 1.29 is 4.74 Å². The highest BCUT2D eigenvalue weighted by Crippen LogP contribution is 2.10. The number of hydrogen-bond donors (Lipinski definition) is 2. The third kappa shape index (κ3) is 10.9. The summed E-state index contributed by atoms with van der Waals surface area (Å²) in [6.07, 6.45) is 1.31. The molecule has 162 valence electrons. The maximum atomic E-state index is 5.83. The van der Waals surface area contributed by atoms with E-state index in [1.165, 1.54) is 13.1 Å². The van der Waals surface area contributed by atoms with Crippen molar-refractivity contribution in [2.24, 2.45) is 10.9 Å². The molecule has 0 spiro atoms. The lowest BCUT2D eigenvalue weighted by molar-refractivity contribution is 0.0258. The van der Waals surface area contributed by atoms with E-state index in [-0.39, 0.29) is 24.0 Å². The van der Waals surface area contributed by atoms with Crippen molar-refractivity contribution in [3.05, 3.63) is 0 Å². The summed E-state index contributed by atoms with van der Waals surface area (Å²) in [4.78, 5) is 9.89. The summed E-state index contributed by atoms with van der Waals surface area (Å²) in [6, 6.07) is 0.483. The molecule has 0 amide bonds. The summed E-state index contributed by atoms with van der Waals surface area (Å²) in [5.41, 5.74) is 0. The van der Waals surface area contributed by atoms with Gasteiger partial charge in [0.05, 0.1) is 12.6 Å². The number of halogens is 1. The Hall–Kier alpha value is -0.120. The average molecular weight is 498 g/mol. The molecule has 0 aromatic rings. The number of piperazine rings is 1. The highest BCUT2D eigenvalue weighted by molar-refractivity contribution is 14.0. The molecule has 27 heavy (non-hydrogen) atoms. The van der Waals surface area contributed by atoms with Crippen LogP contribution in [-0.2, 0) is 4.74 Å². The van der Waals surface area contributed by atoms with Gasteiger partial charge in [-0.3, -0.25) is 9.89 Å². The molecule has 2 N–H and O–H groups in total. The minimum absolute atomic E-state index is 0. The zero-order valence-corrected chi connectivity index (χ0v) is 20.8. The van der Waals surface area contributed by atoms with Crippen LogP contribution in [0.1, 0.15) is 48.0 Å². The van der Waals surface area contributed by atoms with Crippen molar-refractivity contribution in [1.82, 2.24) is 20.4 Å². The topological polar surface area (TPSA) is 52.1 Å². The van der Waals surface area contributed by atoms with Crippen LogP contribution in [0, 0.1) is 5.92 Å². The third-order valence-electron chi connectivity index (χ3n) is 5.18. The highest BCUT2D eigenvalue weighted by Gasteiger charge is 2.20. The molecule has 1 saturated heterocycles. The molecule has 0 radical (unpaired) electrons. The van der Waals surface area contributed by atoms with Gasteiger partial charge in [-0.25, -0.2) is 0 Å². The van der Waals surface area contributed by atoms with Crippen LogP contribution in [0.3, 0.4) is 0 Å². The van der Waals surface area contributed by atoms with Gasteiger partial charge < -0.3 is 20.3 Å². The van der Waals surface area contributed by atoms with Crippen molar-refractivity contribution in [3.63, 3.8) is 0 Å². The van der Waals surface area contributed by atoms with Gasteiger partial charge in [-0.1, -0.05) is 20.8 Å². The fraction of sp³-hybridized carbons (Fsp3) is 0.950. The second kappa shape index (κ2) is 15.8.